The van der Waals surface area contributed by atoms with Crippen LogP contribution in [0.1, 0.15) is 25.0 Å². The van der Waals surface area contributed by atoms with Crippen molar-refractivity contribution in [2.24, 2.45) is 4.99 Å². The van der Waals surface area contributed by atoms with Gasteiger partial charge in [-0.1, -0.05) is 0 Å². The maximum absolute atomic E-state index is 10.8. The summed E-state index contributed by atoms with van der Waals surface area (Å²) in [5.74, 6) is 2.02. The van der Waals surface area contributed by atoms with Crippen LogP contribution in [0.5, 0.6) is 17.2 Å². The summed E-state index contributed by atoms with van der Waals surface area (Å²) in [6.45, 7) is 5.24. The molecular weight excluding hydrogens is 396 g/mol. The zero-order chi connectivity index (χ0) is 22.1. The molecule has 160 valence electrons. The van der Waals surface area contributed by atoms with Gasteiger partial charge < -0.3 is 14.2 Å². The van der Waals surface area contributed by atoms with Crippen LogP contribution in [0, 0.1) is 10.1 Å². The molecule has 3 aromatic rings. The molecule has 3 aromatic carbocycles. The number of nitro benzene ring substituents is 1. The summed E-state index contributed by atoms with van der Waals surface area (Å²) in [6, 6.07) is 19.4. The lowest BCUT2D eigenvalue weighted by Crippen LogP contribution is -2.00. The van der Waals surface area contributed by atoms with E-state index < -0.39 is 4.92 Å². The van der Waals surface area contributed by atoms with Crippen LogP contribution in [0.2, 0.25) is 0 Å². The second-order valence-electron chi connectivity index (χ2n) is 6.54. The summed E-state index contributed by atoms with van der Waals surface area (Å²) in [7, 11) is 0. The molecule has 0 saturated carbocycles. The van der Waals surface area contributed by atoms with Gasteiger partial charge in [-0.05, 0) is 79.6 Å². The molecule has 0 N–H and O–H groups in total. The van der Waals surface area contributed by atoms with Crippen LogP contribution in [0.3, 0.4) is 0 Å². The molecule has 31 heavy (non-hydrogen) atoms. The number of hydrogen-bond acceptors (Lipinski definition) is 6. The molecule has 0 amide bonds. The van der Waals surface area contributed by atoms with E-state index in [1.807, 2.05) is 56.3 Å². The minimum atomic E-state index is -0.425. The molecule has 0 saturated heterocycles. The highest BCUT2D eigenvalue weighted by molar-refractivity contribution is 5.83. The Morgan fingerprint density at radius 3 is 2.23 bits per heavy atom. The summed E-state index contributed by atoms with van der Waals surface area (Å²) in [5, 5.41) is 10.8. The van der Waals surface area contributed by atoms with Crippen molar-refractivity contribution in [3.63, 3.8) is 0 Å². The fourth-order valence-corrected chi connectivity index (χ4v) is 2.81. The monoisotopic (exact) mass is 420 g/mol. The average Bonchev–Trinajstić information content (AvgIpc) is 2.78. The average molecular weight is 420 g/mol. The van der Waals surface area contributed by atoms with E-state index in [2.05, 4.69) is 4.99 Å². The van der Waals surface area contributed by atoms with E-state index in [4.69, 9.17) is 14.2 Å². The quantitative estimate of drug-likeness (QED) is 0.238. The van der Waals surface area contributed by atoms with Crippen molar-refractivity contribution in [1.29, 1.82) is 0 Å². The van der Waals surface area contributed by atoms with Gasteiger partial charge in [-0.2, -0.15) is 0 Å². The number of non-ortho nitro benzene ring substituents is 1. The number of rotatable bonds is 10. The molecule has 0 unspecified atom stereocenters. The van der Waals surface area contributed by atoms with Gasteiger partial charge in [0.15, 0.2) is 11.5 Å². The second kappa shape index (κ2) is 10.8. The Morgan fingerprint density at radius 1 is 0.871 bits per heavy atom. The topological polar surface area (TPSA) is 83.2 Å². The van der Waals surface area contributed by atoms with E-state index in [1.165, 1.54) is 12.1 Å². The summed E-state index contributed by atoms with van der Waals surface area (Å²) in [5.41, 5.74) is 2.57. The number of nitrogens with zero attached hydrogens (tertiary/aromatic N) is 2. The van der Waals surface area contributed by atoms with E-state index in [9.17, 15) is 10.1 Å². The number of hydrogen-bond donors (Lipinski definition) is 0. The lowest BCUT2D eigenvalue weighted by Gasteiger charge is -2.12. The highest BCUT2D eigenvalue weighted by Gasteiger charge is 2.08. The third-order valence-electron chi connectivity index (χ3n) is 4.32. The SMILES string of the molecule is CCOc1ccc(N=Cc2ccc(OCc3ccc([N+](=O)[O-])cc3)c(OCC)c2)cc1. The van der Waals surface area contributed by atoms with Crippen molar-refractivity contribution in [3.8, 4) is 17.2 Å². The van der Waals surface area contributed by atoms with Crippen molar-refractivity contribution >= 4 is 17.6 Å². The van der Waals surface area contributed by atoms with Gasteiger partial charge in [-0.25, -0.2) is 0 Å². The lowest BCUT2D eigenvalue weighted by atomic mass is 10.2. The Kier molecular flexibility index (Phi) is 7.59. The van der Waals surface area contributed by atoms with Gasteiger partial charge in [0, 0.05) is 18.3 Å². The highest BCUT2D eigenvalue weighted by Crippen LogP contribution is 2.29. The number of benzene rings is 3. The Morgan fingerprint density at radius 2 is 1.58 bits per heavy atom. The summed E-state index contributed by atoms with van der Waals surface area (Å²) in [6.07, 6.45) is 1.76. The third-order valence-corrected chi connectivity index (χ3v) is 4.32. The summed E-state index contributed by atoms with van der Waals surface area (Å²) in [4.78, 5) is 14.8. The molecule has 7 nitrogen and oxygen atoms in total. The highest BCUT2D eigenvalue weighted by atomic mass is 16.6. The molecule has 0 bridgehead atoms. The Bertz CT molecular complexity index is 1030. The molecule has 0 atom stereocenters. The standard InChI is InChI=1S/C24H24N2O5/c1-3-29-22-12-8-20(9-13-22)25-16-19-7-14-23(24(15-19)30-4-2)31-17-18-5-10-21(11-6-18)26(27)28/h5-16H,3-4,17H2,1-2H3. The molecule has 0 aliphatic heterocycles. The number of aliphatic imine (C=N–C) groups is 1. The first kappa shape index (κ1) is 21.8. The van der Waals surface area contributed by atoms with Crippen LogP contribution in [-0.2, 0) is 6.61 Å². The van der Waals surface area contributed by atoms with Crippen molar-refractivity contribution in [3.05, 3.63) is 88.0 Å². The van der Waals surface area contributed by atoms with Gasteiger partial charge in [0.2, 0.25) is 0 Å². The van der Waals surface area contributed by atoms with Gasteiger partial charge in [0.1, 0.15) is 12.4 Å². The molecule has 0 fully saturated rings. The van der Waals surface area contributed by atoms with E-state index in [1.54, 1.807) is 18.3 Å². The first-order chi connectivity index (χ1) is 15.1. The Labute approximate surface area is 181 Å². The number of nitro groups is 1. The maximum Gasteiger partial charge on any atom is 0.269 e. The molecule has 0 aromatic heterocycles. The minimum absolute atomic E-state index is 0.0509. The lowest BCUT2D eigenvalue weighted by molar-refractivity contribution is -0.384. The zero-order valence-electron chi connectivity index (χ0n) is 17.5. The van der Waals surface area contributed by atoms with E-state index in [0.29, 0.717) is 24.7 Å². The maximum atomic E-state index is 10.8. The van der Waals surface area contributed by atoms with E-state index in [-0.39, 0.29) is 12.3 Å². The van der Waals surface area contributed by atoms with E-state index >= 15 is 0 Å². The molecule has 0 aliphatic rings. The summed E-state index contributed by atoms with van der Waals surface area (Å²) < 4.78 is 17.0. The van der Waals surface area contributed by atoms with Crippen molar-refractivity contribution in [2.75, 3.05) is 13.2 Å². The minimum Gasteiger partial charge on any atom is -0.494 e. The molecular formula is C24H24N2O5. The second-order valence-corrected chi connectivity index (χ2v) is 6.54. The van der Waals surface area contributed by atoms with Crippen LogP contribution >= 0.6 is 0 Å². The predicted molar refractivity (Wildman–Crippen MR) is 120 cm³/mol. The van der Waals surface area contributed by atoms with Crippen LogP contribution < -0.4 is 14.2 Å². The third kappa shape index (κ3) is 6.30. The van der Waals surface area contributed by atoms with Gasteiger partial charge >= 0.3 is 0 Å². The zero-order valence-corrected chi connectivity index (χ0v) is 17.5. The molecule has 7 heteroatoms. The fourth-order valence-electron chi connectivity index (χ4n) is 2.81. The fraction of sp³-hybridized carbons (Fsp3) is 0.208. The molecule has 0 spiro atoms. The van der Waals surface area contributed by atoms with Crippen LogP contribution in [0.15, 0.2) is 71.7 Å². The Hall–Kier alpha value is -3.87. The van der Waals surface area contributed by atoms with Gasteiger partial charge in [0.05, 0.1) is 23.8 Å². The smallest absolute Gasteiger partial charge is 0.269 e. The van der Waals surface area contributed by atoms with Crippen molar-refractivity contribution in [1.82, 2.24) is 0 Å². The molecule has 0 aliphatic carbocycles. The van der Waals surface area contributed by atoms with Gasteiger partial charge in [-0.15, -0.1) is 0 Å². The predicted octanol–water partition coefficient (Wildman–Crippen LogP) is 5.72. The number of ether oxygens (including phenoxy) is 3. The van der Waals surface area contributed by atoms with Gasteiger partial charge in [-0.3, -0.25) is 15.1 Å². The van der Waals surface area contributed by atoms with Crippen LogP contribution in [0.4, 0.5) is 11.4 Å². The van der Waals surface area contributed by atoms with Crippen molar-refractivity contribution in [2.45, 2.75) is 20.5 Å². The van der Waals surface area contributed by atoms with Crippen LogP contribution in [-0.4, -0.2) is 24.4 Å². The Balaban J connectivity index is 1.69. The molecule has 0 radical (unpaired) electrons. The largest absolute Gasteiger partial charge is 0.494 e. The first-order valence-electron chi connectivity index (χ1n) is 9.99. The molecule has 0 heterocycles. The van der Waals surface area contributed by atoms with Crippen LogP contribution in [0.25, 0.3) is 0 Å². The van der Waals surface area contributed by atoms with Crippen molar-refractivity contribution < 1.29 is 19.1 Å². The first-order valence-corrected chi connectivity index (χ1v) is 9.99. The molecule has 3 rings (SSSR count). The normalized spacial score (nSPS) is 10.8. The van der Waals surface area contributed by atoms with Gasteiger partial charge in [0.25, 0.3) is 5.69 Å². The van der Waals surface area contributed by atoms with E-state index in [0.717, 1.165) is 22.6 Å². The summed E-state index contributed by atoms with van der Waals surface area (Å²) >= 11 is 0.